The number of rotatable bonds is 3. The molecule has 4 heteroatoms. The Kier molecular flexibility index (Phi) is 3.57. The molecular formula is C14H21N3O. The number of aliphatic hydroxyl groups excluding tert-OH is 1. The van der Waals surface area contributed by atoms with Crippen molar-refractivity contribution in [1.29, 1.82) is 5.41 Å². The second kappa shape index (κ2) is 4.98. The summed E-state index contributed by atoms with van der Waals surface area (Å²) in [4.78, 5) is 2.29. The minimum absolute atomic E-state index is 0.113. The highest BCUT2D eigenvalue weighted by atomic mass is 16.3. The van der Waals surface area contributed by atoms with Crippen LogP contribution in [-0.4, -0.2) is 30.1 Å². The first-order valence-corrected chi connectivity index (χ1v) is 6.37. The third-order valence-electron chi connectivity index (χ3n) is 3.77. The van der Waals surface area contributed by atoms with E-state index < -0.39 is 0 Å². The molecule has 0 amide bonds. The van der Waals surface area contributed by atoms with E-state index in [9.17, 15) is 5.11 Å². The van der Waals surface area contributed by atoms with E-state index in [2.05, 4.69) is 11.0 Å². The number of anilines is 1. The first-order chi connectivity index (χ1) is 8.49. The Morgan fingerprint density at radius 3 is 2.78 bits per heavy atom. The molecule has 1 saturated heterocycles. The molecule has 0 radical (unpaired) electrons. The first-order valence-electron chi connectivity index (χ1n) is 6.37. The van der Waals surface area contributed by atoms with E-state index in [-0.39, 0.29) is 11.9 Å². The van der Waals surface area contributed by atoms with Crippen molar-refractivity contribution in [1.82, 2.24) is 0 Å². The largest absolute Gasteiger partial charge is 0.393 e. The summed E-state index contributed by atoms with van der Waals surface area (Å²) in [6.07, 6.45) is 0.790. The average molecular weight is 247 g/mol. The normalized spacial score (nSPS) is 21.1. The lowest BCUT2D eigenvalue weighted by Crippen LogP contribution is -2.24. The number of amidine groups is 1. The third-order valence-corrected chi connectivity index (χ3v) is 3.77. The molecule has 2 unspecified atom stereocenters. The van der Waals surface area contributed by atoms with Crippen LogP contribution >= 0.6 is 0 Å². The van der Waals surface area contributed by atoms with Gasteiger partial charge in [0.15, 0.2) is 0 Å². The van der Waals surface area contributed by atoms with Crippen LogP contribution in [0.25, 0.3) is 0 Å². The van der Waals surface area contributed by atoms with E-state index >= 15 is 0 Å². The molecule has 1 aliphatic rings. The molecule has 1 aromatic rings. The Bertz CT molecular complexity index is 456. The summed E-state index contributed by atoms with van der Waals surface area (Å²) >= 11 is 0. The van der Waals surface area contributed by atoms with Gasteiger partial charge in [-0.3, -0.25) is 5.41 Å². The van der Waals surface area contributed by atoms with Crippen LogP contribution in [0.5, 0.6) is 0 Å². The second-order valence-electron chi connectivity index (χ2n) is 5.15. The van der Waals surface area contributed by atoms with Gasteiger partial charge in [-0.25, -0.2) is 0 Å². The fourth-order valence-corrected chi connectivity index (χ4v) is 2.56. The Hall–Kier alpha value is -1.55. The van der Waals surface area contributed by atoms with Crippen molar-refractivity contribution < 1.29 is 5.11 Å². The van der Waals surface area contributed by atoms with Gasteiger partial charge < -0.3 is 15.7 Å². The molecule has 0 saturated carbocycles. The lowest BCUT2D eigenvalue weighted by atomic mass is 10.0. The molecule has 1 aliphatic heterocycles. The summed E-state index contributed by atoms with van der Waals surface area (Å²) in [5.74, 6) is 0.472. The smallest absolute Gasteiger partial charge is 0.123 e. The Balaban J connectivity index is 2.16. The molecule has 1 heterocycles. The number of nitrogens with one attached hydrogen (secondary N) is 1. The van der Waals surface area contributed by atoms with Crippen LogP contribution < -0.4 is 10.6 Å². The number of benzene rings is 1. The summed E-state index contributed by atoms with van der Waals surface area (Å²) in [6, 6.07) is 5.98. The molecule has 4 N–H and O–H groups in total. The molecule has 0 aromatic heterocycles. The average Bonchev–Trinajstić information content (AvgIpc) is 2.77. The Morgan fingerprint density at radius 1 is 1.56 bits per heavy atom. The number of hydrogen-bond donors (Lipinski definition) is 3. The fourth-order valence-electron chi connectivity index (χ4n) is 2.56. The highest BCUT2D eigenvalue weighted by Gasteiger charge is 2.26. The number of nitrogens with zero attached hydrogens (tertiary/aromatic N) is 1. The maximum Gasteiger partial charge on any atom is 0.123 e. The van der Waals surface area contributed by atoms with E-state index in [1.54, 1.807) is 0 Å². The molecule has 0 bridgehead atoms. The maximum absolute atomic E-state index is 9.62. The van der Waals surface area contributed by atoms with Crippen LogP contribution in [0.1, 0.15) is 24.5 Å². The van der Waals surface area contributed by atoms with Crippen LogP contribution in [0.2, 0.25) is 0 Å². The number of hydrogen-bond acceptors (Lipinski definition) is 3. The van der Waals surface area contributed by atoms with E-state index in [0.717, 1.165) is 36.3 Å². The van der Waals surface area contributed by atoms with Gasteiger partial charge in [-0.05, 0) is 44.0 Å². The number of nitrogens with two attached hydrogens (primary N) is 1. The van der Waals surface area contributed by atoms with E-state index in [1.807, 2.05) is 26.0 Å². The number of aliphatic hydroxyl groups is 1. The van der Waals surface area contributed by atoms with Gasteiger partial charge in [0.05, 0.1) is 6.10 Å². The Morgan fingerprint density at radius 2 is 2.28 bits per heavy atom. The zero-order chi connectivity index (χ0) is 13.3. The van der Waals surface area contributed by atoms with Gasteiger partial charge in [0, 0.05) is 30.3 Å². The highest BCUT2D eigenvalue weighted by molar-refractivity contribution is 5.96. The van der Waals surface area contributed by atoms with Crippen molar-refractivity contribution in [3.63, 3.8) is 0 Å². The molecule has 2 rings (SSSR count). The molecule has 4 nitrogen and oxygen atoms in total. The topological polar surface area (TPSA) is 73.3 Å². The lowest BCUT2D eigenvalue weighted by molar-refractivity contribution is 0.136. The third kappa shape index (κ3) is 2.48. The van der Waals surface area contributed by atoms with Crippen LogP contribution in [0.15, 0.2) is 18.2 Å². The van der Waals surface area contributed by atoms with Gasteiger partial charge in [-0.2, -0.15) is 0 Å². The number of nitrogen functional groups attached to an aromatic ring is 1. The molecule has 2 atom stereocenters. The van der Waals surface area contributed by atoms with Crippen molar-refractivity contribution in [3.05, 3.63) is 29.3 Å². The zero-order valence-electron chi connectivity index (χ0n) is 11.0. The first kappa shape index (κ1) is 12.9. The minimum Gasteiger partial charge on any atom is -0.393 e. The van der Waals surface area contributed by atoms with Crippen molar-refractivity contribution >= 4 is 11.5 Å². The van der Waals surface area contributed by atoms with Crippen molar-refractivity contribution in [2.24, 2.45) is 11.7 Å². The molecule has 1 aromatic carbocycles. The standard InChI is InChI=1S/C14H21N3O/c1-9-7-12(3-4-13(9)14(15)16)17-6-5-11(8-17)10(2)18/h3-4,7,10-11,18H,5-6,8H2,1-2H3,(H3,15,16). The predicted octanol–water partition coefficient (Wildman–Crippen LogP) is 1.49. The quantitative estimate of drug-likeness (QED) is 0.559. The summed E-state index contributed by atoms with van der Waals surface area (Å²) in [5, 5.41) is 17.1. The maximum atomic E-state index is 9.62. The van der Waals surface area contributed by atoms with Gasteiger partial charge in [0.25, 0.3) is 0 Å². The van der Waals surface area contributed by atoms with Gasteiger partial charge in [0.1, 0.15) is 5.84 Å². The highest BCUT2D eigenvalue weighted by Crippen LogP contribution is 2.27. The fraction of sp³-hybridized carbons (Fsp3) is 0.500. The molecule has 0 aliphatic carbocycles. The van der Waals surface area contributed by atoms with Gasteiger partial charge in [0.2, 0.25) is 0 Å². The SMILES string of the molecule is Cc1cc(N2CCC(C(C)O)C2)ccc1C(=N)N. The van der Waals surface area contributed by atoms with Crippen LogP contribution in [0.4, 0.5) is 5.69 Å². The van der Waals surface area contributed by atoms with Crippen molar-refractivity contribution in [3.8, 4) is 0 Å². The minimum atomic E-state index is -0.243. The molecule has 0 spiro atoms. The van der Waals surface area contributed by atoms with Gasteiger partial charge in [-0.1, -0.05) is 0 Å². The van der Waals surface area contributed by atoms with E-state index in [4.69, 9.17) is 11.1 Å². The summed E-state index contributed by atoms with van der Waals surface area (Å²) in [5.41, 5.74) is 8.49. The molecule has 18 heavy (non-hydrogen) atoms. The lowest BCUT2D eigenvalue weighted by Gasteiger charge is -2.21. The van der Waals surface area contributed by atoms with Crippen LogP contribution in [0.3, 0.4) is 0 Å². The second-order valence-corrected chi connectivity index (χ2v) is 5.15. The monoisotopic (exact) mass is 247 g/mol. The molecular weight excluding hydrogens is 226 g/mol. The van der Waals surface area contributed by atoms with Gasteiger partial charge in [-0.15, -0.1) is 0 Å². The van der Waals surface area contributed by atoms with E-state index in [1.165, 1.54) is 0 Å². The number of aryl methyl sites for hydroxylation is 1. The van der Waals surface area contributed by atoms with Crippen molar-refractivity contribution in [2.75, 3.05) is 18.0 Å². The van der Waals surface area contributed by atoms with E-state index in [0.29, 0.717) is 5.92 Å². The van der Waals surface area contributed by atoms with Crippen LogP contribution in [-0.2, 0) is 0 Å². The zero-order valence-corrected chi connectivity index (χ0v) is 11.0. The summed E-state index contributed by atoms with van der Waals surface area (Å²) in [6.45, 7) is 5.71. The summed E-state index contributed by atoms with van der Waals surface area (Å²) in [7, 11) is 0. The van der Waals surface area contributed by atoms with Crippen LogP contribution in [0, 0.1) is 18.3 Å². The summed E-state index contributed by atoms with van der Waals surface area (Å²) < 4.78 is 0. The predicted molar refractivity (Wildman–Crippen MR) is 74.2 cm³/mol. The molecule has 1 fully saturated rings. The van der Waals surface area contributed by atoms with Crippen molar-refractivity contribution in [2.45, 2.75) is 26.4 Å². The Labute approximate surface area is 108 Å². The van der Waals surface area contributed by atoms with Gasteiger partial charge >= 0.3 is 0 Å². The molecule has 98 valence electrons.